The largest absolute Gasteiger partial charge is 0.497 e. The number of benzene rings is 4. The monoisotopic (exact) mass is 567 g/mol. The molecule has 0 aromatic heterocycles. The Morgan fingerprint density at radius 3 is 2.36 bits per heavy atom. The smallest absolute Gasteiger partial charge is 0.251 e. The number of ether oxygens (including phenoxy) is 2. The summed E-state index contributed by atoms with van der Waals surface area (Å²) < 4.78 is 25.8. The number of rotatable bonds is 10. The number of carbonyl (C=O) groups is 2. The summed E-state index contributed by atoms with van der Waals surface area (Å²) in [5.74, 6) is -0.629. The van der Waals surface area contributed by atoms with E-state index in [4.69, 9.17) is 9.47 Å². The average Bonchev–Trinajstić information content (AvgIpc) is 3.03. The highest BCUT2D eigenvalue weighted by Gasteiger charge is 2.32. The van der Waals surface area contributed by atoms with Crippen molar-refractivity contribution in [3.8, 4) is 5.75 Å². The fourth-order valence-electron chi connectivity index (χ4n) is 5.08. The van der Waals surface area contributed by atoms with Gasteiger partial charge in [0, 0.05) is 36.6 Å². The van der Waals surface area contributed by atoms with Crippen LogP contribution in [0.25, 0.3) is 0 Å². The summed E-state index contributed by atoms with van der Waals surface area (Å²) in [5.41, 5.74) is 3.29. The van der Waals surface area contributed by atoms with Crippen LogP contribution in [0.2, 0.25) is 0 Å². The first-order valence-electron chi connectivity index (χ1n) is 14.0. The maximum atomic E-state index is 14.9. The van der Waals surface area contributed by atoms with Crippen LogP contribution in [0.5, 0.6) is 5.75 Å². The van der Waals surface area contributed by atoms with Gasteiger partial charge in [-0.1, -0.05) is 60.7 Å². The predicted molar refractivity (Wildman–Crippen MR) is 161 cm³/mol. The molecule has 7 nitrogen and oxygen atoms in total. The first-order valence-corrected chi connectivity index (χ1v) is 14.0. The molecule has 0 spiro atoms. The molecule has 1 N–H and O–H groups in total. The lowest BCUT2D eigenvalue weighted by Crippen LogP contribution is -2.42. The molecule has 5 rings (SSSR count). The molecule has 1 aliphatic heterocycles. The second-order valence-corrected chi connectivity index (χ2v) is 10.1. The van der Waals surface area contributed by atoms with E-state index < -0.39 is 17.8 Å². The van der Waals surface area contributed by atoms with Crippen molar-refractivity contribution >= 4 is 23.2 Å². The first-order chi connectivity index (χ1) is 20.5. The molecule has 1 unspecified atom stereocenters. The van der Waals surface area contributed by atoms with E-state index in [0.717, 1.165) is 24.3 Å². The van der Waals surface area contributed by atoms with Crippen LogP contribution in [0.1, 0.15) is 22.7 Å². The van der Waals surface area contributed by atoms with Gasteiger partial charge < -0.3 is 24.6 Å². The van der Waals surface area contributed by atoms with Crippen LogP contribution in [-0.2, 0) is 27.3 Å². The van der Waals surface area contributed by atoms with E-state index in [-0.39, 0.29) is 18.9 Å². The van der Waals surface area contributed by atoms with Crippen molar-refractivity contribution in [2.45, 2.75) is 19.0 Å². The molecule has 8 heteroatoms. The molecule has 0 saturated carbocycles. The number of halogens is 1. The number of hydrogen-bond acceptors (Lipinski definition) is 5. The SMILES string of the molecule is COc1cccc(C(C(=O)Nc2ccc(N3CCOCC3)cc2)N(Cc2ccccc2F)C(=O)Cc2ccccc2)c1. The Morgan fingerprint density at radius 2 is 1.64 bits per heavy atom. The predicted octanol–water partition coefficient (Wildman–Crippen LogP) is 5.62. The van der Waals surface area contributed by atoms with E-state index in [1.165, 1.54) is 11.0 Å². The number of methoxy groups -OCH3 is 1. The van der Waals surface area contributed by atoms with E-state index in [1.807, 2.05) is 54.6 Å². The number of anilines is 2. The Labute approximate surface area is 245 Å². The highest BCUT2D eigenvalue weighted by atomic mass is 19.1. The zero-order valence-corrected chi connectivity index (χ0v) is 23.5. The number of amides is 2. The molecule has 1 saturated heterocycles. The standard InChI is InChI=1S/C34H34FN3O4/c1-41-30-12-7-11-26(23-30)33(34(40)36-28-14-16-29(17-15-28)37-18-20-42-21-19-37)38(24-27-10-5-6-13-31(27)35)32(39)22-25-8-3-2-4-9-25/h2-17,23,33H,18-22,24H2,1H3,(H,36,40). The highest BCUT2D eigenvalue weighted by molar-refractivity contribution is 5.98. The Balaban J connectivity index is 1.49. The van der Waals surface area contributed by atoms with Crippen LogP contribution in [0.15, 0.2) is 103 Å². The first kappa shape index (κ1) is 28.8. The molecule has 2 amide bonds. The van der Waals surface area contributed by atoms with Crippen LogP contribution < -0.4 is 15.0 Å². The van der Waals surface area contributed by atoms with Crippen LogP contribution >= 0.6 is 0 Å². The number of morpholine rings is 1. The third-order valence-electron chi connectivity index (χ3n) is 7.30. The molecule has 0 bridgehead atoms. The Morgan fingerprint density at radius 1 is 0.929 bits per heavy atom. The van der Waals surface area contributed by atoms with Crippen molar-refractivity contribution in [1.82, 2.24) is 4.90 Å². The maximum absolute atomic E-state index is 14.9. The molecule has 1 heterocycles. The minimum absolute atomic E-state index is 0.0529. The molecule has 42 heavy (non-hydrogen) atoms. The number of carbonyl (C=O) groups excluding carboxylic acids is 2. The van der Waals surface area contributed by atoms with E-state index in [2.05, 4.69) is 10.2 Å². The minimum atomic E-state index is -1.06. The lowest BCUT2D eigenvalue weighted by Gasteiger charge is -2.32. The minimum Gasteiger partial charge on any atom is -0.497 e. The Kier molecular flexibility index (Phi) is 9.46. The molecular formula is C34H34FN3O4. The van der Waals surface area contributed by atoms with Crippen molar-refractivity contribution in [3.05, 3.63) is 126 Å². The molecule has 1 atom stereocenters. The Bertz CT molecular complexity index is 1490. The number of nitrogens with zero attached hydrogens (tertiary/aromatic N) is 2. The van der Waals surface area contributed by atoms with E-state index in [1.54, 1.807) is 49.6 Å². The maximum Gasteiger partial charge on any atom is 0.251 e. The average molecular weight is 568 g/mol. The molecule has 216 valence electrons. The zero-order chi connectivity index (χ0) is 29.3. The van der Waals surface area contributed by atoms with Gasteiger partial charge in [-0.2, -0.15) is 0 Å². The van der Waals surface area contributed by atoms with Gasteiger partial charge in [0.15, 0.2) is 0 Å². The van der Waals surface area contributed by atoms with E-state index >= 15 is 0 Å². The van der Waals surface area contributed by atoms with Crippen molar-refractivity contribution in [3.63, 3.8) is 0 Å². The van der Waals surface area contributed by atoms with Crippen LogP contribution in [-0.4, -0.2) is 50.1 Å². The van der Waals surface area contributed by atoms with Gasteiger partial charge in [0.05, 0.1) is 26.7 Å². The van der Waals surface area contributed by atoms with Gasteiger partial charge in [-0.3, -0.25) is 9.59 Å². The van der Waals surface area contributed by atoms with Crippen molar-refractivity contribution < 1.29 is 23.5 Å². The summed E-state index contributed by atoms with van der Waals surface area (Å²) in [6, 6.07) is 29.2. The lowest BCUT2D eigenvalue weighted by molar-refractivity contribution is -0.139. The van der Waals surface area contributed by atoms with Gasteiger partial charge in [-0.25, -0.2) is 4.39 Å². The Hall–Kier alpha value is -4.69. The van der Waals surface area contributed by atoms with Gasteiger partial charge >= 0.3 is 0 Å². The summed E-state index contributed by atoms with van der Waals surface area (Å²) >= 11 is 0. The van der Waals surface area contributed by atoms with E-state index in [0.29, 0.717) is 35.8 Å². The highest BCUT2D eigenvalue weighted by Crippen LogP contribution is 2.30. The number of nitrogens with one attached hydrogen (secondary N) is 1. The fourth-order valence-corrected chi connectivity index (χ4v) is 5.08. The van der Waals surface area contributed by atoms with Crippen LogP contribution in [0.4, 0.5) is 15.8 Å². The molecule has 4 aromatic rings. The second kappa shape index (κ2) is 13.8. The molecule has 0 aliphatic carbocycles. The van der Waals surface area contributed by atoms with Gasteiger partial charge in [0.2, 0.25) is 5.91 Å². The van der Waals surface area contributed by atoms with Gasteiger partial charge in [-0.15, -0.1) is 0 Å². The van der Waals surface area contributed by atoms with Gasteiger partial charge in [0.1, 0.15) is 17.6 Å². The molecular weight excluding hydrogens is 533 g/mol. The fraction of sp³-hybridized carbons (Fsp3) is 0.235. The zero-order valence-electron chi connectivity index (χ0n) is 23.5. The van der Waals surface area contributed by atoms with Gasteiger partial charge in [0.25, 0.3) is 5.91 Å². The summed E-state index contributed by atoms with van der Waals surface area (Å²) in [6.45, 7) is 2.87. The van der Waals surface area contributed by atoms with Crippen LogP contribution in [0, 0.1) is 5.82 Å². The summed E-state index contributed by atoms with van der Waals surface area (Å²) in [5, 5.41) is 3.00. The molecule has 1 fully saturated rings. The lowest BCUT2D eigenvalue weighted by atomic mass is 10.0. The third kappa shape index (κ3) is 7.14. The summed E-state index contributed by atoms with van der Waals surface area (Å²) in [6.07, 6.45) is 0.0529. The normalized spacial score (nSPS) is 13.7. The summed E-state index contributed by atoms with van der Waals surface area (Å²) in [4.78, 5) is 31.7. The van der Waals surface area contributed by atoms with E-state index in [9.17, 15) is 14.0 Å². The number of hydrogen-bond donors (Lipinski definition) is 1. The van der Waals surface area contributed by atoms with Crippen LogP contribution in [0.3, 0.4) is 0 Å². The topological polar surface area (TPSA) is 71.1 Å². The van der Waals surface area contributed by atoms with Crippen molar-refractivity contribution in [2.24, 2.45) is 0 Å². The third-order valence-corrected chi connectivity index (χ3v) is 7.30. The van der Waals surface area contributed by atoms with Crippen molar-refractivity contribution in [1.29, 1.82) is 0 Å². The molecule has 1 aliphatic rings. The van der Waals surface area contributed by atoms with Gasteiger partial charge in [-0.05, 0) is 53.6 Å². The second-order valence-electron chi connectivity index (χ2n) is 10.1. The summed E-state index contributed by atoms with van der Waals surface area (Å²) in [7, 11) is 1.54. The quantitative estimate of drug-likeness (QED) is 0.269. The molecule has 4 aromatic carbocycles. The molecule has 0 radical (unpaired) electrons. The van der Waals surface area contributed by atoms with Crippen molar-refractivity contribution in [2.75, 3.05) is 43.6 Å².